The lowest BCUT2D eigenvalue weighted by atomic mass is 9.64. The summed E-state index contributed by atoms with van der Waals surface area (Å²) in [6, 6.07) is 0.680. The zero-order valence-corrected chi connectivity index (χ0v) is 9.68. The molecule has 2 aliphatic carbocycles. The zero-order chi connectivity index (χ0) is 10.2. The van der Waals surface area contributed by atoms with Gasteiger partial charge in [0.15, 0.2) is 0 Å². The number of rotatable bonds is 5. The molecule has 0 amide bonds. The van der Waals surface area contributed by atoms with Gasteiger partial charge in [0.2, 0.25) is 0 Å². The van der Waals surface area contributed by atoms with E-state index in [4.69, 9.17) is 4.74 Å². The minimum Gasteiger partial charge on any atom is -0.378 e. The first kappa shape index (κ1) is 10.4. The maximum absolute atomic E-state index is 5.71. The van der Waals surface area contributed by atoms with Crippen LogP contribution < -0.4 is 5.32 Å². The van der Waals surface area contributed by atoms with Crippen molar-refractivity contribution in [2.45, 2.75) is 52.2 Å². The largest absolute Gasteiger partial charge is 0.378 e. The third-order valence-corrected chi connectivity index (χ3v) is 3.90. The van der Waals surface area contributed by atoms with Gasteiger partial charge in [0.25, 0.3) is 0 Å². The Morgan fingerprint density at radius 3 is 2.57 bits per heavy atom. The van der Waals surface area contributed by atoms with Crippen molar-refractivity contribution in [3.63, 3.8) is 0 Å². The van der Waals surface area contributed by atoms with Crippen molar-refractivity contribution in [3.05, 3.63) is 0 Å². The first-order valence-corrected chi connectivity index (χ1v) is 5.99. The van der Waals surface area contributed by atoms with Crippen molar-refractivity contribution >= 4 is 0 Å². The molecule has 2 heteroatoms. The van der Waals surface area contributed by atoms with Crippen LogP contribution in [0.2, 0.25) is 0 Å². The van der Waals surface area contributed by atoms with Crippen molar-refractivity contribution in [2.24, 2.45) is 11.3 Å². The second-order valence-electron chi connectivity index (χ2n) is 5.41. The molecule has 0 heterocycles. The van der Waals surface area contributed by atoms with Gasteiger partial charge in [-0.25, -0.2) is 0 Å². The van der Waals surface area contributed by atoms with E-state index in [1.165, 1.54) is 25.8 Å². The van der Waals surface area contributed by atoms with Gasteiger partial charge in [-0.3, -0.25) is 0 Å². The highest BCUT2D eigenvalue weighted by Gasteiger charge is 2.48. The summed E-state index contributed by atoms with van der Waals surface area (Å²) < 4.78 is 5.71. The second kappa shape index (κ2) is 3.82. The van der Waals surface area contributed by atoms with Gasteiger partial charge in [0.05, 0.1) is 6.10 Å². The summed E-state index contributed by atoms with van der Waals surface area (Å²) in [6.07, 6.45) is 4.56. The molecule has 0 spiro atoms. The highest BCUT2D eigenvalue weighted by molar-refractivity contribution is 5.03. The van der Waals surface area contributed by atoms with E-state index in [1.54, 1.807) is 0 Å². The smallest absolute Gasteiger partial charge is 0.0655 e. The van der Waals surface area contributed by atoms with Crippen molar-refractivity contribution in [3.8, 4) is 0 Å². The van der Waals surface area contributed by atoms with E-state index in [-0.39, 0.29) is 0 Å². The molecule has 0 aromatic heterocycles. The molecule has 14 heavy (non-hydrogen) atoms. The van der Waals surface area contributed by atoms with E-state index in [0.717, 1.165) is 12.5 Å². The third-order valence-electron chi connectivity index (χ3n) is 3.90. The van der Waals surface area contributed by atoms with E-state index in [1.807, 2.05) is 0 Å². The summed E-state index contributed by atoms with van der Waals surface area (Å²) in [6.45, 7) is 8.81. The number of nitrogens with one attached hydrogen (secondary N) is 1. The first-order chi connectivity index (χ1) is 6.64. The molecule has 0 bridgehead atoms. The van der Waals surface area contributed by atoms with Crippen LogP contribution in [0.1, 0.15) is 40.0 Å². The maximum Gasteiger partial charge on any atom is 0.0655 e. The van der Waals surface area contributed by atoms with Gasteiger partial charge in [-0.15, -0.1) is 0 Å². The molecule has 2 unspecified atom stereocenters. The average molecular weight is 197 g/mol. The third kappa shape index (κ3) is 1.96. The monoisotopic (exact) mass is 197 g/mol. The van der Waals surface area contributed by atoms with Gasteiger partial charge in [0.1, 0.15) is 0 Å². The molecule has 2 rings (SSSR count). The van der Waals surface area contributed by atoms with Crippen LogP contribution in [-0.4, -0.2) is 25.3 Å². The van der Waals surface area contributed by atoms with E-state index in [2.05, 4.69) is 26.1 Å². The Kier molecular flexibility index (Phi) is 2.85. The molecule has 2 aliphatic rings. The standard InChI is InChI=1S/C12H23NO/c1-4-14-11-7-10(12(11,2)3)13-8-9-5-6-9/h9-11,13H,4-8H2,1-3H3. The van der Waals surface area contributed by atoms with Crippen LogP contribution in [0.4, 0.5) is 0 Å². The molecule has 2 nitrogen and oxygen atoms in total. The summed E-state index contributed by atoms with van der Waals surface area (Å²) in [7, 11) is 0. The highest BCUT2D eigenvalue weighted by Crippen LogP contribution is 2.43. The summed E-state index contributed by atoms with van der Waals surface area (Å²) in [5.41, 5.74) is 0.338. The fraction of sp³-hybridized carbons (Fsp3) is 1.00. The van der Waals surface area contributed by atoms with Crippen molar-refractivity contribution in [1.29, 1.82) is 0 Å². The fourth-order valence-corrected chi connectivity index (χ4v) is 2.35. The Balaban J connectivity index is 1.73. The molecule has 0 saturated heterocycles. The minimum absolute atomic E-state index is 0.338. The van der Waals surface area contributed by atoms with E-state index in [0.29, 0.717) is 17.6 Å². The predicted octanol–water partition coefficient (Wildman–Crippen LogP) is 2.19. The molecule has 0 aromatic carbocycles. The van der Waals surface area contributed by atoms with Gasteiger partial charge in [-0.1, -0.05) is 13.8 Å². The minimum atomic E-state index is 0.338. The molecule has 82 valence electrons. The van der Waals surface area contributed by atoms with Gasteiger partial charge in [-0.2, -0.15) is 0 Å². The second-order valence-corrected chi connectivity index (χ2v) is 5.41. The fourth-order valence-electron chi connectivity index (χ4n) is 2.35. The summed E-state index contributed by atoms with van der Waals surface area (Å²) in [4.78, 5) is 0. The lowest BCUT2D eigenvalue weighted by Crippen LogP contribution is -2.61. The number of hydrogen-bond acceptors (Lipinski definition) is 2. The predicted molar refractivity (Wildman–Crippen MR) is 58.3 cm³/mol. The lowest BCUT2D eigenvalue weighted by Gasteiger charge is -2.52. The average Bonchev–Trinajstić information content (AvgIpc) is 2.93. The van der Waals surface area contributed by atoms with Crippen LogP contribution in [0.15, 0.2) is 0 Å². The van der Waals surface area contributed by atoms with Gasteiger partial charge >= 0.3 is 0 Å². The molecular formula is C12H23NO. The van der Waals surface area contributed by atoms with E-state index in [9.17, 15) is 0 Å². The topological polar surface area (TPSA) is 21.3 Å². The number of hydrogen-bond donors (Lipinski definition) is 1. The quantitative estimate of drug-likeness (QED) is 0.729. The molecule has 2 saturated carbocycles. The van der Waals surface area contributed by atoms with Crippen molar-refractivity contribution in [1.82, 2.24) is 5.32 Å². The van der Waals surface area contributed by atoms with Crippen molar-refractivity contribution < 1.29 is 4.74 Å². The van der Waals surface area contributed by atoms with Crippen LogP contribution >= 0.6 is 0 Å². The Bertz CT molecular complexity index is 198. The summed E-state index contributed by atoms with van der Waals surface area (Å²) >= 11 is 0. The number of ether oxygens (including phenoxy) is 1. The van der Waals surface area contributed by atoms with Crippen molar-refractivity contribution in [2.75, 3.05) is 13.2 Å². The normalized spacial score (nSPS) is 35.4. The molecule has 0 aliphatic heterocycles. The van der Waals surface area contributed by atoms with E-state index < -0.39 is 0 Å². The van der Waals surface area contributed by atoms with Gasteiger partial charge in [-0.05, 0) is 38.6 Å². The molecule has 0 aromatic rings. The van der Waals surface area contributed by atoms with Crippen LogP contribution in [0.25, 0.3) is 0 Å². The lowest BCUT2D eigenvalue weighted by molar-refractivity contribution is -0.114. The zero-order valence-electron chi connectivity index (χ0n) is 9.68. The highest BCUT2D eigenvalue weighted by atomic mass is 16.5. The van der Waals surface area contributed by atoms with Crippen LogP contribution in [0.5, 0.6) is 0 Å². The Labute approximate surface area is 87.4 Å². The van der Waals surface area contributed by atoms with Gasteiger partial charge in [0, 0.05) is 18.1 Å². The Morgan fingerprint density at radius 2 is 2.07 bits per heavy atom. The summed E-state index contributed by atoms with van der Waals surface area (Å²) in [5, 5.41) is 3.68. The molecule has 2 fully saturated rings. The van der Waals surface area contributed by atoms with Crippen LogP contribution in [0, 0.1) is 11.3 Å². The SMILES string of the molecule is CCOC1CC(NCC2CC2)C1(C)C. The molecular weight excluding hydrogens is 174 g/mol. The van der Waals surface area contributed by atoms with Crippen LogP contribution in [-0.2, 0) is 4.74 Å². The van der Waals surface area contributed by atoms with Crippen LogP contribution in [0.3, 0.4) is 0 Å². The Morgan fingerprint density at radius 1 is 1.36 bits per heavy atom. The molecule has 2 atom stereocenters. The Hall–Kier alpha value is -0.0800. The maximum atomic E-state index is 5.71. The molecule has 1 N–H and O–H groups in total. The van der Waals surface area contributed by atoms with Gasteiger partial charge < -0.3 is 10.1 Å². The van der Waals surface area contributed by atoms with E-state index >= 15 is 0 Å². The molecule has 0 radical (unpaired) electrons. The first-order valence-electron chi connectivity index (χ1n) is 5.99. The summed E-state index contributed by atoms with van der Waals surface area (Å²) in [5.74, 6) is 0.983.